The lowest BCUT2D eigenvalue weighted by molar-refractivity contribution is 0.0600. The highest BCUT2D eigenvalue weighted by Gasteiger charge is 2.33. The molecule has 0 radical (unpaired) electrons. The lowest BCUT2D eigenvalue weighted by atomic mass is 9.91. The first-order valence-corrected chi connectivity index (χ1v) is 9.77. The molecule has 0 bridgehead atoms. The normalized spacial score (nSPS) is 24.5. The monoisotopic (exact) mass is 411 g/mol. The van der Waals surface area contributed by atoms with Crippen molar-refractivity contribution in [2.75, 3.05) is 31.7 Å². The van der Waals surface area contributed by atoms with E-state index in [-0.39, 0.29) is 12.5 Å². The minimum absolute atomic E-state index is 0.130. The molecular formula is C18H26BrN3O3. The summed E-state index contributed by atoms with van der Waals surface area (Å²) in [5, 5.41) is 13.6. The number of halogens is 1. The van der Waals surface area contributed by atoms with Gasteiger partial charge in [-0.15, -0.1) is 0 Å². The lowest BCUT2D eigenvalue weighted by Crippen LogP contribution is -2.53. The van der Waals surface area contributed by atoms with Crippen molar-refractivity contribution in [3.63, 3.8) is 0 Å². The average molecular weight is 412 g/mol. The average Bonchev–Trinajstić information content (AvgIpc) is 3.14. The molecule has 2 fully saturated rings. The Morgan fingerprint density at radius 3 is 2.88 bits per heavy atom. The third-order valence-corrected chi connectivity index (χ3v) is 5.75. The Morgan fingerprint density at radius 1 is 1.44 bits per heavy atom. The molecule has 7 heteroatoms. The molecule has 3 rings (SSSR count). The molecule has 2 heterocycles. The molecule has 2 unspecified atom stereocenters. The first-order chi connectivity index (χ1) is 12.1. The first kappa shape index (κ1) is 18.6. The van der Waals surface area contributed by atoms with E-state index in [0.717, 1.165) is 17.4 Å². The van der Waals surface area contributed by atoms with Crippen LogP contribution in [0.15, 0.2) is 16.7 Å². The number of hydrogen-bond donors (Lipinski definition) is 2. The van der Waals surface area contributed by atoms with E-state index in [2.05, 4.69) is 31.1 Å². The molecule has 1 aromatic rings. The number of nitrogens with zero attached hydrogens (tertiary/aromatic N) is 2. The fraction of sp³-hybridized carbons (Fsp3) is 0.667. The van der Waals surface area contributed by atoms with E-state index >= 15 is 0 Å². The van der Waals surface area contributed by atoms with Gasteiger partial charge >= 0.3 is 5.97 Å². The lowest BCUT2D eigenvalue weighted by Gasteiger charge is -2.40. The van der Waals surface area contributed by atoms with Gasteiger partial charge in [0.2, 0.25) is 0 Å². The predicted octanol–water partition coefficient (Wildman–Crippen LogP) is 2.35. The highest BCUT2D eigenvalue weighted by Crippen LogP contribution is 2.28. The number of piperidine rings is 1. The molecule has 138 valence electrons. The van der Waals surface area contributed by atoms with E-state index in [1.807, 2.05) is 0 Å². The minimum Gasteiger partial charge on any atom is -0.465 e. The van der Waals surface area contributed by atoms with Crippen molar-refractivity contribution in [1.29, 1.82) is 0 Å². The van der Waals surface area contributed by atoms with Crippen LogP contribution in [-0.4, -0.2) is 54.9 Å². The van der Waals surface area contributed by atoms with Crippen LogP contribution in [0.1, 0.15) is 42.5 Å². The smallest absolute Gasteiger partial charge is 0.341 e. The number of esters is 1. The molecule has 2 aliphatic rings. The van der Waals surface area contributed by atoms with Crippen molar-refractivity contribution in [2.45, 2.75) is 44.2 Å². The number of methoxy groups -OCH3 is 1. The first-order valence-electron chi connectivity index (χ1n) is 8.98. The summed E-state index contributed by atoms with van der Waals surface area (Å²) in [6.07, 6.45) is 7.69. The van der Waals surface area contributed by atoms with E-state index in [1.165, 1.54) is 32.8 Å². The quantitative estimate of drug-likeness (QED) is 0.724. The summed E-state index contributed by atoms with van der Waals surface area (Å²) >= 11 is 3.36. The number of ether oxygens (including phenoxy) is 1. The van der Waals surface area contributed by atoms with Gasteiger partial charge in [0.05, 0.1) is 7.11 Å². The topological polar surface area (TPSA) is 74.7 Å². The van der Waals surface area contributed by atoms with Crippen molar-refractivity contribution < 1.29 is 14.6 Å². The van der Waals surface area contributed by atoms with Crippen LogP contribution in [0.5, 0.6) is 0 Å². The van der Waals surface area contributed by atoms with Crippen molar-refractivity contribution in [3.05, 3.63) is 22.3 Å². The van der Waals surface area contributed by atoms with Crippen LogP contribution in [0.25, 0.3) is 0 Å². The molecule has 1 aliphatic heterocycles. The molecule has 1 saturated heterocycles. The standard InChI is InChI=1S/C18H26BrN3O3/c1-25-18(24)15-8-13(19)9-20-17(15)22-7-6-16(12(10-22)11-23)21-14-4-2-3-5-14/h8-9,12,14,16,21,23H,2-7,10-11H2,1H3. The van der Waals surface area contributed by atoms with Crippen LogP contribution < -0.4 is 10.2 Å². The van der Waals surface area contributed by atoms with Crippen LogP contribution in [-0.2, 0) is 4.74 Å². The number of carbonyl (C=O) groups excluding carboxylic acids is 1. The maximum Gasteiger partial charge on any atom is 0.341 e. The number of pyridine rings is 1. The Labute approximate surface area is 157 Å². The molecule has 6 nitrogen and oxygen atoms in total. The van der Waals surface area contributed by atoms with Gasteiger partial charge in [0.1, 0.15) is 11.4 Å². The number of anilines is 1. The van der Waals surface area contributed by atoms with Gasteiger partial charge in [-0.3, -0.25) is 0 Å². The molecule has 2 atom stereocenters. The number of nitrogens with one attached hydrogen (secondary N) is 1. The largest absolute Gasteiger partial charge is 0.465 e. The molecule has 0 amide bonds. The van der Waals surface area contributed by atoms with Gasteiger partial charge in [-0.25, -0.2) is 9.78 Å². The second kappa shape index (κ2) is 8.47. The molecule has 0 aromatic carbocycles. The van der Waals surface area contributed by atoms with Crippen LogP contribution in [0.2, 0.25) is 0 Å². The Kier molecular flexibility index (Phi) is 6.30. The third kappa shape index (κ3) is 4.33. The Morgan fingerprint density at radius 2 is 2.20 bits per heavy atom. The molecule has 1 aromatic heterocycles. The van der Waals surface area contributed by atoms with Gasteiger partial charge in [-0.05, 0) is 41.3 Å². The third-order valence-electron chi connectivity index (χ3n) is 5.31. The maximum absolute atomic E-state index is 12.1. The van der Waals surface area contributed by atoms with E-state index in [9.17, 15) is 9.90 Å². The summed E-state index contributed by atoms with van der Waals surface area (Å²) in [6.45, 7) is 1.62. The Balaban J connectivity index is 1.73. The zero-order valence-corrected chi connectivity index (χ0v) is 16.2. The second-order valence-electron chi connectivity index (χ2n) is 6.95. The zero-order valence-electron chi connectivity index (χ0n) is 14.6. The molecule has 1 aliphatic carbocycles. The Bertz CT molecular complexity index is 607. The fourth-order valence-electron chi connectivity index (χ4n) is 3.97. The summed E-state index contributed by atoms with van der Waals surface area (Å²) in [5.41, 5.74) is 0.454. The summed E-state index contributed by atoms with van der Waals surface area (Å²) < 4.78 is 5.64. The van der Waals surface area contributed by atoms with Gasteiger partial charge in [-0.1, -0.05) is 12.8 Å². The summed E-state index contributed by atoms with van der Waals surface area (Å²) in [7, 11) is 1.38. The predicted molar refractivity (Wildman–Crippen MR) is 99.9 cm³/mol. The van der Waals surface area contributed by atoms with Gasteiger partial charge in [0.25, 0.3) is 0 Å². The number of hydrogen-bond acceptors (Lipinski definition) is 6. The maximum atomic E-state index is 12.1. The Hall–Kier alpha value is -1.18. The number of aromatic nitrogens is 1. The van der Waals surface area contributed by atoms with Crippen molar-refractivity contribution >= 4 is 27.7 Å². The second-order valence-corrected chi connectivity index (χ2v) is 7.86. The molecular weight excluding hydrogens is 386 g/mol. The van der Waals surface area contributed by atoms with Crippen LogP contribution >= 0.6 is 15.9 Å². The highest BCUT2D eigenvalue weighted by atomic mass is 79.9. The fourth-order valence-corrected chi connectivity index (χ4v) is 4.30. The van der Waals surface area contributed by atoms with E-state index in [1.54, 1.807) is 12.3 Å². The highest BCUT2D eigenvalue weighted by molar-refractivity contribution is 9.10. The zero-order chi connectivity index (χ0) is 17.8. The summed E-state index contributed by atoms with van der Waals surface area (Å²) in [5.74, 6) is 0.369. The molecule has 0 spiro atoms. The van der Waals surface area contributed by atoms with Crippen LogP contribution in [0, 0.1) is 5.92 Å². The van der Waals surface area contributed by atoms with Gasteiger partial charge in [0.15, 0.2) is 0 Å². The number of rotatable bonds is 5. The molecule has 1 saturated carbocycles. The molecule has 25 heavy (non-hydrogen) atoms. The number of aliphatic hydroxyl groups is 1. The van der Waals surface area contributed by atoms with Gasteiger partial charge in [-0.2, -0.15) is 0 Å². The van der Waals surface area contributed by atoms with E-state index < -0.39 is 5.97 Å². The van der Waals surface area contributed by atoms with Crippen molar-refractivity contribution in [1.82, 2.24) is 10.3 Å². The SMILES string of the molecule is COC(=O)c1cc(Br)cnc1N1CCC(NC2CCCC2)C(CO)C1. The van der Waals surface area contributed by atoms with E-state index in [0.29, 0.717) is 30.0 Å². The van der Waals surface area contributed by atoms with Crippen molar-refractivity contribution in [3.8, 4) is 0 Å². The van der Waals surface area contributed by atoms with Crippen LogP contribution in [0.4, 0.5) is 5.82 Å². The summed E-state index contributed by atoms with van der Waals surface area (Å²) in [4.78, 5) is 18.6. The van der Waals surface area contributed by atoms with Gasteiger partial charge in [0, 0.05) is 48.4 Å². The van der Waals surface area contributed by atoms with Gasteiger partial charge < -0.3 is 20.1 Å². The summed E-state index contributed by atoms with van der Waals surface area (Å²) in [6, 6.07) is 2.65. The minimum atomic E-state index is -0.393. The van der Waals surface area contributed by atoms with Crippen LogP contribution in [0.3, 0.4) is 0 Å². The van der Waals surface area contributed by atoms with E-state index in [4.69, 9.17) is 4.74 Å². The van der Waals surface area contributed by atoms with Crippen molar-refractivity contribution in [2.24, 2.45) is 5.92 Å². The molecule has 2 N–H and O–H groups in total. The number of carbonyl (C=O) groups is 1. The number of aliphatic hydroxyl groups excluding tert-OH is 1.